The summed E-state index contributed by atoms with van der Waals surface area (Å²) in [5, 5.41) is 20.9. The molecule has 0 spiro atoms. The van der Waals surface area contributed by atoms with Crippen LogP contribution in [0.15, 0.2) is 36.4 Å². The number of nitrogens with zero attached hydrogens (tertiary/aromatic N) is 1. The molecule has 1 aromatic carbocycles. The molecule has 0 saturated carbocycles. The number of hydrogen-bond donors (Lipinski definition) is 2. The molecule has 2 atom stereocenters. The molecule has 1 aliphatic heterocycles. The Balaban J connectivity index is 1.79. The summed E-state index contributed by atoms with van der Waals surface area (Å²) in [5.41, 5.74) is 1.39. The average Bonchev–Trinajstić information content (AvgIpc) is 3.06. The summed E-state index contributed by atoms with van der Waals surface area (Å²) in [7, 11) is 0. The molecule has 1 saturated heterocycles. The lowest BCUT2D eigenvalue weighted by molar-refractivity contribution is -0.122. The zero-order valence-electron chi connectivity index (χ0n) is 14.9. The number of carboxylic acids is 1. The fraction of sp³-hybridized carbons (Fsp3) is 0.550. The van der Waals surface area contributed by atoms with Crippen molar-refractivity contribution in [2.45, 2.75) is 57.6 Å². The number of carboxylic acid groups (broad SMARTS) is 1. The quantitative estimate of drug-likeness (QED) is 0.501. The maximum Gasteiger partial charge on any atom is 0.335 e. The van der Waals surface area contributed by atoms with E-state index >= 15 is 0 Å². The van der Waals surface area contributed by atoms with Crippen LogP contribution in [0.4, 0.5) is 0 Å². The van der Waals surface area contributed by atoms with E-state index in [1.807, 2.05) is 23.3 Å². The molecular formula is C20H29NO4. The van der Waals surface area contributed by atoms with Gasteiger partial charge in [-0.15, -0.1) is 0 Å². The summed E-state index contributed by atoms with van der Waals surface area (Å²) < 4.78 is 0. The Kier molecular flexibility index (Phi) is 8.12. The highest BCUT2D eigenvalue weighted by Gasteiger charge is 2.23. The number of aliphatic hydroxyl groups is 1. The minimum atomic E-state index is -0.905. The highest BCUT2D eigenvalue weighted by atomic mass is 16.7. The average molecular weight is 347 g/mol. The van der Waals surface area contributed by atoms with Gasteiger partial charge in [0, 0.05) is 6.54 Å². The summed E-state index contributed by atoms with van der Waals surface area (Å²) >= 11 is 0. The van der Waals surface area contributed by atoms with Crippen molar-refractivity contribution in [3.8, 4) is 0 Å². The van der Waals surface area contributed by atoms with Gasteiger partial charge in [-0.25, -0.2) is 4.79 Å². The molecule has 5 nitrogen and oxygen atoms in total. The second-order valence-corrected chi connectivity index (χ2v) is 6.53. The second-order valence-electron chi connectivity index (χ2n) is 6.53. The first-order chi connectivity index (χ1) is 12.1. The molecule has 0 aliphatic carbocycles. The Morgan fingerprint density at radius 2 is 2.12 bits per heavy atom. The van der Waals surface area contributed by atoms with E-state index in [0.29, 0.717) is 12.2 Å². The van der Waals surface area contributed by atoms with Crippen molar-refractivity contribution in [3.63, 3.8) is 0 Å². The molecule has 1 aliphatic rings. The molecule has 0 bridgehead atoms. The molecule has 1 fully saturated rings. The Labute approximate surface area is 149 Å². The number of aliphatic hydroxyl groups excluding tert-OH is 1. The fourth-order valence-corrected chi connectivity index (χ4v) is 2.96. The van der Waals surface area contributed by atoms with E-state index in [1.54, 1.807) is 12.1 Å². The van der Waals surface area contributed by atoms with Crippen molar-refractivity contribution in [3.05, 3.63) is 47.5 Å². The maximum absolute atomic E-state index is 10.9. The molecule has 2 unspecified atom stereocenters. The van der Waals surface area contributed by atoms with Crippen molar-refractivity contribution in [2.75, 3.05) is 13.2 Å². The number of hydrogen-bond acceptors (Lipinski definition) is 4. The summed E-state index contributed by atoms with van der Waals surface area (Å²) in [6, 6.07) is 7.15. The number of benzene rings is 1. The smallest absolute Gasteiger partial charge is 0.335 e. The van der Waals surface area contributed by atoms with Gasteiger partial charge in [-0.1, -0.05) is 50.5 Å². The summed E-state index contributed by atoms with van der Waals surface area (Å²) in [6.07, 6.45) is 9.48. The van der Waals surface area contributed by atoms with Crippen LogP contribution in [0.1, 0.15) is 54.9 Å². The van der Waals surface area contributed by atoms with Gasteiger partial charge in [0.1, 0.15) is 0 Å². The van der Waals surface area contributed by atoms with Crippen LogP contribution in [0.5, 0.6) is 0 Å². The van der Waals surface area contributed by atoms with Crippen LogP contribution < -0.4 is 0 Å². The predicted molar refractivity (Wildman–Crippen MR) is 97.5 cm³/mol. The van der Waals surface area contributed by atoms with Crippen LogP contribution in [-0.2, 0) is 11.3 Å². The van der Waals surface area contributed by atoms with E-state index in [4.69, 9.17) is 9.94 Å². The summed E-state index contributed by atoms with van der Waals surface area (Å²) in [6.45, 7) is 3.59. The van der Waals surface area contributed by atoms with Gasteiger partial charge in [-0.3, -0.25) is 4.84 Å². The van der Waals surface area contributed by atoms with Gasteiger partial charge < -0.3 is 10.2 Å². The minimum Gasteiger partial charge on any atom is -0.478 e. The lowest BCUT2D eigenvalue weighted by atomic mass is 10.1. The second kappa shape index (κ2) is 10.3. The van der Waals surface area contributed by atoms with Crippen molar-refractivity contribution >= 4 is 5.97 Å². The zero-order chi connectivity index (χ0) is 18.1. The summed E-state index contributed by atoms with van der Waals surface area (Å²) in [5.74, 6) is -0.905. The number of unbranched alkanes of at least 4 members (excludes halogenated alkanes) is 2. The minimum absolute atomic E-state index is 0.194. The fourth-order valence-electron chi connectivity index (χ4n) is 2.96. The third-order valence-electron chi connectivity index (χ3n) is 4.52. The molecule has 0 amide bonds. The van der Waals surface area contributed by atoms with Crippen molar-refractivity contribution in [1.29, 1.82) is 0 Å². The van der Waals surface area contributed by atoms with E-state index in [0.717, 1.165) is 50.6 Å². The third kappa shape index (κ3) is 6.61. The highest BCUT2D eigenvalue weighted by molar-refractivity contribution is 5.87. The van der Waals surface area contributed by atoms with Gasteiger partial charge >= 0.3 is 5.97 Å². The van der Waals surface area contributed by atoms with Crippen LogP contribution in [0.3, 0.4) is 0 Å². The molecule has 138 valence electrons. The van der Waals surface area contributed by atoms with E-state index < -0.39 is 5.97 Å². The van der Waals surface area contributed by atoms with Gasteiger partial charge in [0.05, 0.1) is 24.3 Å². The number of hydroxylamine groups is 2. The van der Waals surface area contributed by atoms with Gasteiger partial charge in [-0.2, -0.15) is 5.06 Å². The lowest BCUT2D eigenvalue weighted by Gasteiger charge is -2.20. The van der Waals surface area contributed by atoms with Crippen molar-refractivity contribution in [2.24, 2.45) is 0 Å². The number of carbonyl (C=O) groups is 1. The SMILES string of the molecule is CCCCCC(O)C=CC1CCON1CCc1ccc(C(=O)O)cc1. The van der Waals surface area contributed by atoms with Gasteiger partial charge in [-0.05, 0) is 37.0 Å². The number of rotatable bonds is 10. The van der Waals surface area contributed by atoms with Gasteiger partial charge in [0.2, 0.25) is 0 Å². The molecule has 1 aromatic rings. The molecule has 2 rings (SSSR count). The van der Waals surface area contributed by atoms with Crippen LogP contribution in [-0.4, -0.2) is 46.5 Å². The molecule has 5 heteroatoms. The predicted octanol–water partition coefficient (Wildman–Crippen LogP) is 3.43. The molecule has 2 N–H and O–H groups in total. The molecule has 0 radical (unpaired) electrons. The van der Waals surface area contributed by atoms with Crippen LogP contribution in [0.25, 0.3) is 0 Å². The molecule has 25 heavy (non-hydrogen) atoms. The van der Waals surface area contributed by atoms with Gasteiger partial charge in [0.25, 0.3) is 0 Å². The van der Waals surface area contributed by atoms with Crippen molar-refractivity contribution in [1.82, 2.24) is 5.06 Å². The lowest BCUT2D eigenvalue weighted by Crippen LogP contribution is -2.29. The van der Waals surface area contributed by atoms with Crippen LogP contribution in [0.2, 0.25) is 0 Å². The van der Waals surface area contributed by atoms with Crippen LogP contribution in [0, 0.1) is 0 Å². The Bertz CT molecular complexity index is 555. The Morgan fingerprint density at radius 3 is 2.80 bits per heavy atom. The third-order valence-corrected chi connectivity index (χ3v) is 4.52. The first-order valence-electron chi connectivity index (χ1n) is 9.18. The van der Waals surface area contributed by atoms with Crippen molar-refractivity contribution < 1.29 is 19.8 Å². The standard InChI is InChI=1S/C20H29NO4/c1-2-3-4-5-19(22)11-10-18-13-15-25-21(18)14-12-16-6-8-17(9-7-16)20(23)24/h6-11,18-19,22H,2-5,12-15H2,1H3,(H,23,24). The van der Waals surface area contributed by atoms with Crippen LogP contribution >= 0.6 is 0 Å². The maximum atomic E-state index is 10.9. The first kappa shape index (κ1) is 19.6. The largest absolute Gasteiger partial charge is 0.478 e. The zero-order valence-corrected chi connectivity index (χ0v) is 14.9. The molecule has 1 heterocycles. The Hall–Kier alpha value is -1.69. The summed E-state index contributed by atoms with van der Waals surface area (Å²) in [4.78, 5) is 16.6. The van der Waals surface area contributed by atoms with E-state index in [9.17, 15) is 9.90 Å². The highest BCUT2D eigenvalue weighted by Crippen LogP contribution is 2.18. The number of aromatic carboxylic acids is 1. The first-order valence-corrected chi connectivity index (χ1v) is 9.18. The Morgan fingerprint density at radius 1 is 1.36 bits per heavy atom. The topological polar surface area (TPSA) is 70.0 Å². The normalized spacial score (nSPS) is 19.5. The monoisotopic (exact) mass is 347 g/mol. The van der Waals surface area contributed by atoms with E-state index in [-0.39, 0.29) is 12.1 Å². The van der Waals surface area contributed by atoms with Gasteiger partial charge in [0.15, 0.2) is 0 Å². The van der Waals surface area contributed by atoms with E-state index in [2.05, 4.69) is 13.0 Å². The van der Waals surface area contributed by atoms with E-state index in [1.165, 1.54) is 0 Å². The molecular weight excluding hydrogens is 318 g/mol. The molecule has 0 aromatic heterocycles.